The molecule has 2 aromatic carbocycles. The van der Waals surface area contributed by atoms with Crippen molar-refractivity contribution in [2.45, 2.75) is 13.1 Å². The Morgan fingerprint density at radius 2 is 1.67 bits per heavy atom. The predicted molar refractivity (Wildman–Crippen MR) is 119 cm³/mol. The van der Waals surface area contributed by atoms with E-state index >= 15 is 0 Å². The molecule has 0 aliphatic carbocycles. The van der Waals surface area contributed by atoms with Crippen LogP contribution in [0.4, 0.5) is 10.1 Å². The average molecular weight is 447 g/mol. The van der Waals surface area contributed by atoms with E-state index in [1.54, 1.807) is 6.07 Å². The summed E-state index contributed by atoms with van der Waals surface area (Å²) in [5.41, 5.74) is 5.36. The lowest BCUT2D eigenvalue weighted by atomic mass is 10.2. The number of hydrogen-bond donors (Lipinski definition) is 2. The Hall–Kier alpha value is -4.60. The maximum Gasteiger partial charge on any atom is 0.332 e. The number of amides is 2. The van der Waals surface area contributed by atoms with Crippen molar-refractivity contribution >= 4 is 28.5 Å². The molecule has 4 rings (SSSR count). The van der Waals surface area contributed by atoms with Crippen molar-refractivity contribution in [3.63, 3.8) is 0 Å². The van der Waals surface area contributed by atoms with Crippen molar-refractivity contribution in [3.05, 3.63) is 105 Å². The van der Waals surface area contributed by atoms with Gasteiger partial charge in [0.05, 0.1) is 12.1 Å². The van der Waals surface area contributed by atoms with Gasteiger partial charge in [-0.05, 0) is 54.1 Å². The summed E-state index contributed by atoms with van der Waals surface area (Å²) in [7, 11) is 0. The van der Waals surface area contributed by atoms with Gasteiger partial charge in [-0.1, -0.05) is 12.1 Å². The molecule has 10 heteroatoms. The maximum atomic E-state index is 13.2. The molecular formula is C23H18FN5O4. The fourth-order valence-electron chi connectivity index (χ4n) is 3.37. The molecular weight excluding hydrogens is 429 g/mol. The number of halogens is 1. The highest BCUT2D eigenvalue weighted by atomic mass is 19.1. The number of pyridine rings is 1. The van der Waals surface area contributed by atoms with E-state index in [1.807, 2.05) is 0 Å². The van der Waals surface area contributed by atoms with E-state index in [2.05, 4.69) is 10.3 Å². The number of nitrogens with zero attached hydrogens (tertiary/aromatic N) is 3. The van der Waals surface area contributed by atoms with Gasteiger partial charge in [0.1, 0.15) is 12.4 Å². The predicted octanol–water partition coefficient (Wildman–Crippen LogP) is 1.48. The molecule has 2 heterocycles. The second-order valence-corrected chi connectivity index (χ2v) is 7.25. The number of nitrogens with two attached hydrogens (primary N) is 1. The van der Waals surface area contributed by atoms with Crippen LogP contribution in [0.1, 0.15) is 15.9 Å². The molecule has 0 aliphatic heterocycles. The lowest BCUT2D eigenvalue weighted by Gasteiger charge is -2.14. The highest BCUT2D eigenvalue weighted by Gasteiger charge is 2.17. The standard InChI is InChI=1S/C23H18FN5O4/c24-16-7-3-14(4-8-16)12-29-22(32)20-18(2-1-11-26-20)28(23(29)33)13-19(30)27-17-9-5-15(6-10-17)21(25)31/h1-11H,12-13H2,(H2,25,31)(H,27,30). The Morgan fingerprint density at radius 1 is 0.970 bits per heavy atom. The average Bonchev–Trinajstić information content (AvgIpc) is 2.81. The number of hydrogen-bond acceptors (Lipinski definition) is 5. The van der Waals surface area contributed by atoms with Crippen molar-refractivity contribution in [1.29, 1.82) is 0 Å². The number of aromatic nitrogens is 3. The number of rotatable bonds is 6. The van der Waals surface area contributed by atoms with Crippen molar-refractivity contribution < 1.29 is 14.0 Å². The zero-order chi connectivity index (χ0) is 23.5. The van der Waals surface area contributed by atoms with Gasteiger partial charge in [-0.2, -0.15) is 0 Å². The van der Waals surface area contributed by atoms with Crippen LogP contribution in [0.2, 0.25) is 0 Å². The molecule has 0 fully saturated rings. The molecule has 0 atom stereocenters. The summed E-state index contributed by atoms with van der Waals surface area (Å²) in [6.45, 7) is -0.497. The summed E-state index contributed by atoms with van der Waals surface area (Å²) >= 11 is 0. The molecule has 0 bridgehead atoms. The van der Waals surface area contributed by atoms with Gasteiger partial charge in [-0.25, -0.2) is 14.2 Å². The minimum atomic E-state index is -0.705. The van der Waals surface area contributed by atoms with Crippen molar-refractivity contribution in [3.8, 4) is 0 Å². The molecule has 4 aromatic rings. The fourth-order valence-corrected chi connectivity index (χ4v) is 3.37. The molecule has 0 radical (unpaired) electrons. The summed E-state index contributed by atoms with van der Waals surface area (Å²) in [5, 5.41) is 2.64. The van der Waals surface area contributed by atoms with Gasteiger partial charge in [0, 0.05) is 17.4 Å². The van der Waals surface area contributed by atoms with E-state index < -0.39 is 28.9 Å². The summed E-state index contributed by atoms with van der Waals surface area (Å²) < 4.78 is 15.3. The van der Waals surface area contributed by atoms with E-state index in [1.165, 1.54) is 60.8 Å². The van der Waals surface area contributed by atoms with E-state index in [4.69, 9.17) is 5.73 Å². The first-order valence-electron chi connectivity index (χ1n) is 9.86. The Kier molecular flexibility index (Phi) is 5.81. The van der Waals surface area contributed by atoms with Gasteiger partial charge in [0.2, 0.25) is 11.8 Å². The Morgan fingerprint density at radius 3 is 2.33 bits per heavy atom. The lowest BCUT2D eigenvalue weighted by molar-refractivity contribution is -0.116. The second kappa shape index (κ2) is 8.87. The second-order valence-electron chi connectivity index (χ2n) is 7.25. The largest absolute Gasteiger partial charge is 0.366 e. The molecule has 0 saturated heterocycles. The zero-order valence-corrected chi connectivity index (χ0v) is 17.2. The molecule has 33 heavy (non-hydrogen) atoms. The maximum absolute atomic E-state index is 13.2. The van der Waals surface area contributed by atoms with Gasteiger partial charge in [-0.15, -0.1) is 0 Å². The van der Waals surface area contributed by atoms with Crippen LogP contribution in [-0.2, 0) is 17.9 Å². The molecule has 0 unspecified atom stereocenters. The van der Waals surface area contributed by atoms with E-state index in [9.17, 15) is 23.6 Å². The van der Waals surface area contributed by atoms with Gasteiger partial charge in [0.25, 0.3) is 5.56 Å². The molecule has 0 aliphatic rings. The highest BCUT2D eigenvalue weighted by Crippen LogP contribution is 2.11. The number of primary amides is 1. The van der Waals surface area contributed by atoms with Gasteiger partial charge in [-0.3, -0.25) is 23.5 Å². The summed E-state index contributed by atoms with van der Waals surface area (Å²) in [6.07, 6.45) is 1.42. The van der Waals surface area contributed by atoms with Crippen LogP contribution >= 0.6 is 0 Å². The summed E-state index contributed by atoms with van der Waals surface area (Å²) in [5.74, 6) is -1.56. The topological polar surface area (TPSA) is 129 Å². The van der Waals surface area contributed by atoms with Crippen LogP contribution in [0.25, 0.3) is 11.0 Å². The molecule has 9 nitrogen and oxygen atoms in total. The Balaban J connectivity index is 1.69. The van der Waals surface area contributed by atoms with E-state index in [0.717, 1.165) is 9.13 Å². The van der Waals surface area contributed by atoms with Crippen LogP contribution in [0, 0.1) is 5.82 Å². The number of benzene rings is 2. The number of carbonyl (C=O) groups excluding carboxylic acids is 2. The van der Waals surface area contributed by atoms with Crippen molar-refractivity contribution in [1.82, 2.24) is 14.1 Å². The number of fused-ring (bicyclic) bond motifs is 1. The molecule has 0 saturated carbocycles. The minimum Gasteiger partial charge on any atom is -0.366 e. The quantitative estimate of drug-likeness (QED) is 0.463. The zero-order valence-electron chi connectivity index (χ0n) is 17.2. The summed E-state index contributed by atoms with van der Waals surface area (Å²) in [6, 6.07) is 14.4. The molecule has 166 valence electrons. The third kappa shape index (κ3) is 4.54. The SMILES string of the molecule is NC(=O)c1ccc(NC(=O)Cn2c(=O)n(Cc3ccc(F)cc3)c(=O)c3ncccc32)cc1. The normalized spacial score (nSPS) is 10.8. The van der Waals surface area contributed by atoms with Crippen LogP contribution in [-0.4, -0.2) is 25.9 Å². The van der Waals surface area contributed by atoms with Crippen LogP contribution in [0.3, 0.4) is 0 Å². The lowest BCUT2D eigenvalue weighted by Crippen LogP contribution is -2.42. The van der Waals surface area contributed by atoms with E-state index in [-0.39, 0.29) is 29.7 Å². The van der Waals surface area contributed by atoms with Crippen LogP contribution < -0.4 is 22.3 Å². The molecule has 2 aromatic heterocycles. The van der Waals surface area contributed by atoms with Crippen molar-refractivity contribution in [2.24, 2.45) is 5.73 Å². The number of nitrogens with one attached hydrogen (secondary N) is 1. The molecule has 0 spiro atoms. The van der Waals surface area contributed by atoms with Gasteiger partial charge >= 0.3 is 5.69 Å². The third-order valence-electron chi connectivity index (χ3n) is 5.00. The van der Waals surface area contributed by atoms with E-state index in [0.29, 0.717) is 11.3 Å². The Labute approximate surface area is 185 Å². The first-order valence-corrected chi connectivity index (χ1v) is 9.86. The molecule has 3 N–H and O–H groups in total. The number of anilines is 1. The Bertz CT molecular complexity index is 1470. The first-order chi connectivity index (χ1) is 15.8. The monoisotopic (exact) mass is 447 g/mol. The summed E-state index contributed by atoms with van der Waals surface area (Å²) in [4.78, 5) is 54.0. The fraction of sp³-hybridized carbons (Fsp3) is 0.0870. The third-order valence-corrected chi connectivity index (χ3v) is 5.00. The van der Waals surface area contributed by atoms with Crippen molar-refractivity contribution in [2.75, 3.05) is 5.32 Å². The highest BCUT2D eigenvalue weighted by molar-refractivity contribution is 5.95. The van der Waals surface area contributed by atoms with Crippen LogP contribution in [0.15, 0.2) is 76.4 Å². The van der Waals surface area contributed by atoms with Crippen LogP contribution in [0.5, 0.6) is 0 Å². The number of carbonyl (C=O) groups is 2. The smallest absolute Gasteiger partial charge is 0.332 e. The molecule has 2 amide bonds. The minimum absolute atomic E-state index is 0.0258. The first kappa shape index (κ1) is 21.6. The van der Waals surface area contributed by atoms with Gasteiger partial charge in [0.15, 0.2) is 5.52 Å². The van der Waals surface area contributed by atoms with Gasteiger partial charge < -0.3 is 11.1 Å².